The molecule has 2 amide bonds. The summed E-state index contributed by atoms with van der Waals surface area (Å²) in [5.41, 5.74) is 0.863. The molecule has 3 rings (SSSR count). The molecule has 5 nitrogen and oxygen atoms in total. The minimum atomic E-state index is -0.272. The van der Waals surface area contributed by atoms with Gasteiger partial charge in [-0.15, -0.1) is 0 Å². The molecule has 2 heterocycles. The van der Waals surface area contributed by atoms with Crippen molar-refractivity contribution in [1.29, 1.82) is 0 Å². The van der Waals surface area contributed by atoms with Gasteiger partial charge in [0.05, 0.1) is 0 Å². The lowest BCUT2D eigenvalue weighted by Crippen LogP contribution is -2.52. The van der Waals surface area contributed by atoms with Gasteiger partial charge in [-0.2, -0.15) is 0 Å². The van der Waals surface area contributed by atoms with Crippen molar-refractivity contribution >= 4 is 11.8 Å². The van der Waals surface area contributed by atoms with Crippen LogP contribution in [-0.4, -0.2) is 41.9 Å². The van der Waals surface area contributed by atoms with Crippen LogP contribution in [0.4, 0.5) is 0 Å². The average Bonchev–Trinajstić information content (AvgIpc) is 2.66. The molecule has 0 bridgehead atoms. The van der Waals surface area contributed by atoms with E-state index >= 15 is 0 Å². The normalized spacial score (nSPS) is 20.5. The SMILES string of the molecule is CC(C)CNC(=O)C[C@@H]1CC2(CCN(C(=O)CC(C)C)CC2)Oc2ccccc21. The number of hydrogen-bond acceptors (Lipinski definition) is 3. The van der Waals surface area contributed by atoms with Gasteiger partial charge in [0.15, 0.2) is 0 Å². The average molecular weight is 401 g/mol. The third-order valence-corrected chi connectivity index (χ3v) is 6.05. The first-order chi connectivity index (χ1) is 13.8. The predicted molar refractivity (Wildman–Crippen MR) is 115 cm³/mol. The number of fused-ring (bicyclic) bond motifs is 1. The molecule has 0 radical (unpaired) electrons. The Morgan fingerprint density at radius 2 is 1.83 bits per heavy atom. The van der Waals surface area contributed by atoms with E-state index in [4.69, 9.17) is 4.74 Å². The van der Waals surface area contributed by atoms with E-state index in [0.717, 1.165) is 43.7 Å². The standard InChI is InChI=1S/C24H36N2O3/c1-17(2)13-23(28)26-11-9-24(10-12-26)15-19(14-22(27)25-16-18(3)4)20-7-5-6-8-21(20)29-24/h5-8,17-19H,9-16H2,1-4H3,(H,25,27)/t19-/m1/s1. The Morgan fingerprint density at radius 1 is 1.14 bits per heavy atom. The number of nitrogens with zero attached hydrogens (tertiary/aromatic N) is 1. The molecular formula is C24H36N2O3. The van der Waals surface area contributed by atoms with E-state index in [0.29, 0.717) is 31.2 Å². The zero-order valence-corrected chi connectivity index (χ0v) is 18.4. The lowest BCUT2D eigenvalue weighted by atomic mass is 9.76. The minimum absolute atomic E-state index is 0.111. The molecule has 1 N–H and O–H groups in total. The summed E-state index contributed by atoms with van der Waals surface area (Å²) in [6.45, 7) is 10.6. The fourth-order valence-electron chi connectivity index (χ4n) is 4.49. The summed E-state index contributed by atoms with van der Waals surface area (Å²) < 4.78 is 6.51. The van der Waals surface area contributed by atoms with Crippen molar-refractivity contribution < 1.29 is 14.3 Å². The van der Waals surface area contributed by atoms with E-state index in [-0.39, 0.29) is 23.3 Å². The van der Waals surface area contributed by atoms with Gasteiger partial charge < -0.3 is 15.0 Å². The maximum Gasteiger partial charge on any atom is 0.222 e. The summed E-state index contributed by atoms with van der Waals surface area (Å²) in [6.07, 6.45) is 3.59. The summed E-state index contributed by atoms with van der Waals surface area (Å²) in [5, 5.41) is 3.06. The number of para-hydroxylation sites is 1. The molecular weight excluding hydrogens is 364 g/mol. The smallest absolute Gasteiger partial charge is 0.222 e. The van der Waals surface area contributed by atoms with Crippen LogP contribution in [0.2, 0.25) is 0 Å². The van der Waals surface area contributed by atoms with Crippen LogP contribution < -0.4 is 10.1 Å². The van der Waals surface area contributed by atoms with Crippen molar-refractivity contribution in [1.82, 2.24) is 10.2 Å². The van der Waals surface area contributed by atoms with Crippen LogP contribution in [0.1, 0.15) is 71.3 Å². The van der Waals surface area contributed by atoms with Crippen LogP contribution in [0.25, 0.3) is 0 Å². The molecule has 1 aromatic carbocycles. The minimum Gasteiger partial charge on any atom is -0.487 e. The van der Waals surface area contributed by atoms with Gasteiger partial charge in [-0.25, -0.2) is 0 Å². The molecule has 29 heavy (non-hydrogen) atoms. The number of carbonyl (C=O) groups excluding carboxylic acids is 2. The number of amides is 2. The van der Waals surface area contributed by atoms with Crippen LogP contribution in [-0.2, 0) is 9.59 Å². The quantitative estimate of drug-likeness (QED) is 0.781. The van der Waals surface area contributed by atoms with Gasteiger partial charge in [-0.3, -0.25) is 9.59 Å². The number of benzene rings is 1. The molecule has 2 aliphatic rings. The molecule has 1 saturated heterocycles. The van der Waals surface area contributed by atoms with E-state index in [9.17, 15) is 9.59 Å². The number of carbonyl (C=O) groups is 2. The van der Waals surface area contributed by atoms with Gasteiger partial charge in [0.2, 0.25) is 11.8 Å². The molecule has 1 spiro atoms. The summed E-state index contributed by atoms with van der Waals surface area (Å²) in [5.74, 6) is 2.24. The predicted octanol–water partition coefficient (Wildman–Crippen LogP) is 4.12. The Kier molecular flexibility index (Phi) is 6.86. The second-order valence-corrected chi connectivity index (χ2v) is 9.60. The molecule has 0 aromatic heterocycles. The van der Waals surface area contributed by atoms with Crippen molar-refractivity contribution in [2.24, 2.45) is 11.8 Å². The van der Waals surface area contributed by atoms with Gasteiger partial charge in [-0.1, -0.05) is 45.9 Å². The van der Waals surface area contributed by atoms with E-state index in [2.05, 4.69) is 39.1 Å². The molecule has 1 atom stereocenters. The fraction of sp³-hybridized carbons (Fsp3) is 0.667. The Balaban J connectivity index is 1.69. The van der Waals surface area contributed by atoms with Crippen molar-refractivity contribution in [2.75, 3.05) is 19.6 Å². The van der Waals surface area contributed by atoms with Crippen molar-refractivity contribution in [3.8, 4) is 5.75 Å². The zero-order valence-electron chi connectivity index (χ0n) is 18.4. The highest BCUT2D eigenvalue weighted by Crippen LogP contribution is 2.46. The molecule has 0 unspecified atom stereocenters. The second kappa shape index (κ2) is 9.19. The van der Waals surface area contributed by atoms with E-state index in [1.807, 2.05) is 23.1 Å². The van der Waals surface area contributed by atoms with Gasteiger partial charge in [-0.05, 0) is 29.9 Å². The summed E-state index contributed by atoms with van der Waals surface area (Å²) in [6, 6.07) is 8.12. The highest BCUT2D eigenvalue weighted by atomic mass is 16.5. The van der Waals surface area contributed by atoms with Crippen molar-refractivity contribution in [2.45, 2.75) is 71.3 Å². The summed E-state index contributed by atoms with van der Waals surface area (Å²) >= 11 is 0. The molecule has 2 aliphatic heterocycles. The number of likely N-dealkylation sites (tertiary alicyclic amines) is 1. The topological polar surface area (TPSA) is 58.6 Å². The molecule has 0 aliphatic carbocycles. The van der Waals surface area contributed by atoms with Crippen molar-refractivity contribution in [3.63, 3.8) is 0 Å². The largest absolute Gasteiger partial charge is 0.487 e. The number of piperidine rings is 1. The first kappa shape index (κ1) is 21.7. The number of rotatable bonds is 6. The third-order valence-electron chi connectivity index (χ3n) is 6.05. The van der Waals surface area contributed by atoms with Crippen molar-refractivity contribution in [3.05, 3.63) is 29.8 Å². The molecule has 1 aromatic rings. The zero-order chi connectivity index (χ0) is 21.0. The number of hydrogen-bond donors (Lipinski definition) is 1. The first-order valence-corrected chi connectivity index (χ1v) is 11.1. The Morgan fingerprint density at radius 3 is 2.48 bits per heavy atom. The van der Waals surface area contributed by atoms with Gasteiger partial charge in [0.25, 0.3) is 0 Å². The molecule has 0 saturated carbocycles. The van der Waals surface area contributed by atoms with Crippen LogP contribution in [0.5, 0.6) is 5.75 Å². The van der Waals surface area contributed by atoms with Crippen LogP contribution in [0.3, 0.4) is 0 Å². The summed E-state index contributed by atoms with van der Waals surface area (Å²) in [4.78, 5) is 27.0. The van der Waals surface area contributed by atoms with E-state index in [1.165, 1.54) is 0 Å². The first-order valence-electron chi connectivity index (χ1n) is 11.1. The second-order valence-electron chi connectivity index (χ2n) is 9.60. The van der Waals surface area contributed by atoms with E-state index < -0.39 is 0 Å². The maximum atomic E-state index is 12.5. The number of ether oxygens (including phenoxy) is 1. The molecule has 1 fully saturated rings. The van der Waals surface area contributed by atoms with Crippen LogP contribution in [0.15, 0.2) is 24.3 Å². The van der Waals surface area contributed by atoms with Gasteiger partial charge in [0.1, 0.15) is 11.4 Å². The molecule has 160 valence electrons. The maximum absolute atomic E-state index is 12.5. The third kappa shape index (κ3) is 5.52. The summed E-state index contributed by atoms with van der Waals surface area (Å²) in [7, 11) is 0. The fourth-order valence-corrected chi connectivity index (χ4v) is 4.49. The van der Waals surface area contributed by atoms with Crippen LogP contribution in [0, 0.1) is 11.8 Å². The van der Waals surface area contributed by atoms with Gasteiger partial charge >= 0.3 is 0 Å². The lowest BCUT2D eigenvalue weighted by molar-refractivity contribution is -0.136. The Labute approximate surface area is 175 Å². The lowest BCUT2D eigenvalue weighted by Gasteiger charge is -2.47. The molecule has 5 heteroatoms. The van der Waals surface area contributed by atoms with Gasteiger partial charge in [0, 0.05) is 51.2 Å². The van der Waals surface area contributed by atoms with E-state index in [1.54, 1.807) is 0 Å². The Hall–Kier alpha value is -2.04. The number of nitrogens with one attached hydrogen (secondary N) is 1. The monoisotopic (exact) mass is 400 g/mol. The highest BCUT2D eigenvalue weighted by Gasteiger charge is 2.44. The Bertz CT molecular complexity index is 721. The van der Waals surface area contributed by atoms with Crippen LogP contribution >= 0.6 is 0 Å². The highest BCUT2D eigenvalue weighted by molar-refractivity contribution is 5.77.